The standard InChI is InChI=1S/C16H24O2/c1-3-4-5-6-8-11-14(2)18-16(17)15-12-9-7-10-13-15/h7,9-10,12-14H,3-6,8,11H2,1-2H3/t14-/m1/s1. The Kier molecular flexibility index (Phi) is 7.16. The molecule has 0 N–H and O–H groups in total. The fraction of sp³-hybridized carbons (Fsp3) is 0.562. The smallest absolute Gasteiger partial charge is 0.338 e. The summed E-state index contributed by atoms with van der Waals surface area (Å²) >= 11 is 0. The van der Waals surface area contributed by atoms with Crippen LogP contribution < -0.4 is 0 Å². The number of unbranched alkanes of at least 4 members (excludes halogenated alkanes) is 4. The van der Waals surface area contributed by atoms with E-state index in [2.05, 4.69) is 6.92 Å². The average Bonchev–Trinajstić information content (AvgIpc) is 2.39. The van der Waals surface area contributed by atoms with Crippen LogP contribution in [-0.4, -0.2) is 12.1 Å². The van der Waals surface area contributed by atoms with Crippen LogP contribution in [0.1, 0.15) is 62.7 Å². The van der Waals surface area contributed by atoms with E-state index in [0.29, 0.717) is 5.56 Å². The molecule has 1 aromatic rings. The lowest BCUT2D eigenvalue weighted by Crippen LogP contribution is -2.14. The maximum atomic E-state index is 11.8. The summed E-state index contributed by atoms with van der Waals surface area (Å²) in [6, 6.07) is 9.18. The first kappa shape index (κ1) is 14.7. The molecule has 0 fully saturated rings. The predicted molar refractivity (Wildman–Crippen MR) is 74.7 cm³/mol. The molecular weight excluding hydrogens is 224 g/mol. The van der Waals surface area contributed by atoms with Crippen molar-refractivity contribution in [3.63, 3.8) is 0 Å². The Morgan fingerprint density at radius 1 is 1.11 bits per heavy atom. The fourth-order valence-corrected chi connectivity index (χ4v) is 1.92. The largest absolute Gasteiger partial charge is 0.459 e. The number of carbonyl (C=O) groups is 1. The van der Waals surface area contributed by atoms with Crippen molar-refractivity contribution >= 4 is 5.97 Å². The van der Waals surface area contributed by atoms with Gasteiger partial charge in [0.25, 0.3) is 0 Å². The zero-order valence-corrected chi connectivity index (χ0v) is 11.5. The fourth-order valence-electron chi connectivity index (χ4n) is 1.92. The number of rotatable bonds is 8. The van der Waals surface area contributed by atoms with Gasteiger partial charge >= 0.3 is 5.97 Å². The van der Waals surface area contributed by atoms with Crippen LogP contribution in [0.3, 0.4) is 0 Å². The number of hydrogen-bond acceptors (Lipinski definition) is 2. The summed E-state index contributed by atoms with van der Waals surface area (Å²) in [6.07, 6.45) is 7.21. The summed E-state index contributed by atoms with van der Waals surface area (Å²) in [5, 5.41) is 0. The highest BCUT2D eigenvalue weighted by Gasteiger charge is 2.10. The van der Waals surface area contributed by atoms with E-state index in [1.54, 1.807) is 12.1 Å². The Morgan fingerprint density at radius 2 is 1.78 bits per heavy atom. The first-order valence-corrected chi connectivity index (χ1v) is 7.00. The zero-order chi connectivity index (χ0) is 13.2. The minimum absolute atomic E-state index is 0.0133. The number of esters is 1. The van der Waals surface area contributed by atoms with Gasteiger partial charge in [-0.1, -0.05) is 50.8 Å². The lowest BCUT2D eigenvalue weighted by atomic mass is 10.1. The van der Waals surface area contributed by atoms with Crippen molar-refractivity contribution < 1.29 is 9.53 Å². The molecule has 0 radical (unpaired) electrons. The highest BCUT2D eigenvalue weighted by molar-refractivity contribution is 5.89. The van der Waals surface area contributed by atoms with Gasteiger partial charge in [-0.3, -0.25) is 0 Å². The van der Waals surface area contributed by atoms with Crippen molar-refractivity contribution in [2.45, 2.75) is 58.5 Å². The van der Waals surface area contributed by atoms with Crippen molar-refractivity contribution in [2.75, 3.05) is 0 Å². The first-order valence-electron chi connectivity index (χ1n) is 7.00. The minimum atomic E-state index is -0.211. The summed E-state index contributed by atoms with van der Waals surface area (Å²) in [7, 11) is 0. The van der Waals surface area contributed by atoms with Crippen LogP contribution in [0.2, 0.25) is 0 Å². The zero-order valence-electron chi connectivity index (χ0n) is 11.5. The average molecular weight is 248 g/mol. The van der Waals surface area contributed by atoms with E-state index in [0.717, 1.165) is 12.8 Å². The van der Waals surface area contributed by atoms with E-state index in [1.807, 2.05) is 25.1 Å². The van der Waals surface area contributed by atoms with Gasteiger partial charge in [0.2, 0.25) is 0 Å². The van der Waals surface area contributed by atoms with Crippen LogP contribution in [0.25, 0.3) is 0 Å². The Bertz CT molecular complexity index is 332. The second-order valence-corrected chi connectivity index (χ2v) is 4.78. The van der Waals surface area contributed by atoms with Gasteiger partial charge in [0.15, 0.2) is 0 Å². The molecule has 0 spiro atoms. The number of hydrogen-bond donors (Lipinski definition) is 0. The lowest BCUT2D eigenvalue weighted by molar-refractivity contribution is 0.0319. The maximum Gasteiger partial charge on any atom is 0.338 e. The maximum absolute atomic E-state index is 11.8. The Morgan fingerprint density at radius 3 is 2.44 bits per heavy atom. The molecular formula is C16H24O2. The highest BCUT2D eigenvalue weighted by Crippen LogP contribution is 2.11. The topological polar surface area (TPSA) is 26.3 Å². The van der Waals surface area contributed by atoms with Gasteiger partial charge in [-0.15, -0.1) is 0 Å². The molecule has 0 saturated heterocycles. The summed E-state index contributed by atoms with van der Waals surface area (Å²) in [5.74, 6) is -0.211. The van der Waals surface area contributed by atoms with Crippen molar-refractivity contribution in [3.05, 3.63) is 35.9 Å². The molecule has 0 bridgehead atoms. The molecule has 0 aliphatic rings. The van der Waals surface area contributed by atoms with Crippen LogP contribution in [-0.2, 0) is 4.74 Å². The molecule has 0 amide bonds. The summed E-state index contributed by atoms with van der Waals surface area (Å²) in [4.78, 5) is 11.8. The number of ether oxygens (including phenoxy) is 1. The van der Waals surface area contributed by atoms with Crippen molar-refractivity contribution in [2.24, 2.45) is 0 Å². The molecule has 0 saturated carbocycles. The van der Waals surface area contributed by atoms with Crippen LogP contribution in [0.5, 0.6) is 0 Å². The van der Waals surface area contributed by atoms with E-state index >= 15 is 0 Å². The lowest BCUT2D eigenvalue weighted by Gasteiger charge is -2.13. The molecule has 1 aromatic carbocycles. The van der Waals surface area contributed by atoms with Crippen molar-refractivity contribution in [1.29, 1.82) is 0 Å². The monoisotopic (exact) mass is 248 g/mol. The molecule has 1 atom stereocenters. The summed E-state index contributed by atoms with van der Waals surface area (Å²) in [6.45, 7) is 4.19. The van der Waals surface area contributed by atoms with E-state index in [1.165, 1.54) is 25.7 Å². The van der Waals surface area contributed by atoms with Gasteiger partial charge in [-0.05, 0) is 31.9 Å². The van der Waals surface area contributed by atoms with Crippen LogP contribution in [0, 0.1) is 0 Å². The molecule has 18 heavy (non-hydrogen) atoms. The summed E-state index contributed by atoms with van der Waals surface area (Å²) < 4.78 is 5.40. The molecule has 1 rings (SSSR count). The van der Waals surface area contributed by atoms with E-state index in [4.69, 9.17) is 4.74 Å². The second-order valence-electron chi connectivity index (χ2n) is 4.78. The summed E-state index contributed by atoms with van der Waals surface area (Å²) in [5.41, 5.74) is 0.635. The Balaban J connectivity index is 2.20. The number of benzene rings is 1. The van der Waals surface area contributed by atoms with E-state index in [9.17, 15) is 4.79 Å². The molecule has 2 nitrogen and oxygen atoms in total. The molecule has 0 aromatic heterocycles. The third-order valence-electron chi connectivity index (χ3n) is 3.03. The van der Waals surface area contributed by atoms with Crippen LogP contribution in [0.15, 0.2) is 30.3 Å². The Labute approximate surface area is 110 Å². The van der Waals surface area contributed by atoms with Gasteiger partial charge in [0.1, 0.15) is 0 Å². The number of carbonyl (C=O) groups excluding carboxylic acids is 1. The third kappa shape index (κ3) is 5.85. The van der Waals surface area contributed by atoms with Gasteiger partial charge in [0.05, 0.1) is 11.7 Å². The van der Waals surface area contributed by atoms with Crippen LogP contribution >= 0.6 is 0 Å². The van der Waals surface area contributed by atoms with Gasteiger partial charge in [0, 0.05) is 0 Å². The van der Waals surface area contributed by atoms with Crippen molar-refractivity contribution in [1.82, 2.24) is 0 Å². The molecule has 0 aliphatic carbocycles. The molecule has 2 heteroatoms. The van der Waals surface area contributed by atoms with Crippen molar-refractivity contribution in [3.8, 4) is 0 Å². The normalized spacial score (nSPS) is 12.1. The highest BCUT2D eigenvalue weighted by atomic mass is 16.5. The van der Waals surface area contributed by atoms with Gasteiger partial charge < -0.3 is 4.74 Å². The Hall–Kier alpha value is -1.31. The van der Waals surface area contributed by atoms with Gasteiger partial charge in [-0.2, -0.15) is 0 Å². The van der Waals surface area contributed by atoms with E-state index < -0.39 is 0 Å². The molecule has 0 heterocycles. The second kappa shape index (κ2) is 8.73. The third-order valence-corrected chi connectivity index (χ3v) is 3.03. The predicted octanol–water partition coefficient (Wildman–Crippen LogP) is 4.59. The van der Waals surface area contributed by atoms with E-state index in [-0.39, 0.29) is 12.1 Å². The first-order chi connectivity index (χ1) is 8.74. The molecule has 0 unspecified atom stereocenters. The molecule has 0 aliphatic heterocycles. The van der Waals surface area contributed by atoms with Gasteiger partial charge in [-0.25, -0.2) is 4.79 Å². The SMILES string of the molecule is CCCCCCC[C@@H](C)OC(=O)c1ccccc1. The minimum Gasteiger partial charge on any atom is -0.459 e. The quantitative estimate of drug-likeness (QED) is 0.496. The van der Waals surface area contributed by atoms with Crippen LogP contribution in [0.4, 0.5) is 0 Å². The molecule has 100 valence electrons.